The maximum absolute atomic E-state index is 14.6. The van der Waals surface area contributed by atoms with Crippen LogP contribution in [0.1, 0.15) is 16.7 Å². The molecule has 3 heterocycles. The van der Waals surface area contributed by atoms with Crippen LogP contribution >= 0.6 is 0 Å². The van der Waals surface area contributed by atoms with Gasteiger partial charge in [0.1, 0.15) is 48.8 Å². The van der Waals surface area contributed by atoms with E-state index >= 15 is 0 Å². The molecule has 10 atom stereocenters. The van der Waals surface area contributed by atoms with Gasteiger partial charge in [-0.05, 0) is 60.5 Å². The second kappa shape index (κ2) is 19.8. The number of anilines is 1. The fraction of sp³-hybridized carbons (Fsp3) is 0.500. The number of methoxy groups -OCH3 is 4. The Morgan fingerprint density at radius 3 is 1.87 bits per heavy atom. The number of hydrogen-bond acceptors (Lipinski definition) is 17. The van der Waals surface area contributed by atoms with Crippen molar-refractivity contribution in [2.75, 3.05) is 72.7 Å². The number of nitrogens with zero attached hydrogens (tertiary/aromatic N) is 2. The van der Waals surface area contributed by atoms with Crippen LogP contribution in [0, 0.1) is 6.92 Å². The van der Waals surface area contributed by atoms with Crippen molar-refractivity contribution in [3.05, 3.63) is 71.3 Å². The van der Waals surface area contributed by atoms with Gasteiger partial charge in [-0.25, -0.2) is 0 Å². The summed E-state index contributed by atoms with van der Waals surface area (Å²) < 4.78 is 45.4. The zero-order valence-electron chi connectivity index (χ0n) is 34.0. The van der Waals surface area contributed by atoms with Crippen LogP contribution in [0.25, 0.3) is 11.6 Å². The molecule has 0 saturated carbocycles. The predicted molar refractivity (Wildman–Crippen MR) is 214 cm³/mol. The first kappa shape index (κ1) is 44.8. The molecule has 1 amide bonds. The summed E-state index contributed by atoms with van der Waals surface area (Å²) >= 11 is 0. The summed E-state index contributed by atoms with van der Waals surface area (Å²) in [6.45, 7) is 2.65. The number of aliphatic hydroxyl groups excluding tert-OH is 7. The van der Waals surface area contributed by atoms with Crippen LogP contribution in [0.3, 0.4) is 0 Å². The first-order valence-electron chi connectivity index (χ1n) is 19.4. The van der Waals surface area contributed by atoms with Gasteiger partial charge in [-0.1, -0.05) is 23.8 Å². The fourth-order valence-electron chi connectivity index (χ4n) is 7.42. The third-order valence-electron chi connectivity index (χ3n) is 10.9. The highest BCUT2D eigenvalue weighted by Gasteiger charge is 2.51. The molecule has 328 valence electrons. The summed E-state index contributed by atoms with van der Waals surface area (Å²) in [6.07, 6.45) is -14.7. The van der Waals surface area contributed by atoms with Crippen molar-refractivity contribution in [3.8, 4) is 28.7 Å². The summed E-state index contributed by atoms with van der Waals surface area (Å²) in [4.78, 5) is 18.6. The van der Waals surface area contributed by atoms with Crippen LogP contribution in [0.5, 0.6) is 28.7 Å². The molecule has 0 unspecified atom stereocenters. The minimum Gasteiger partial charge on any atom is -0.493 e. The van der Waals surface area contributed by atoms with Gasteiger partial charge in [0, 0.05) is 37.4 Å². The third kappa shape index (κ3) is 9.42. The summed E-state index contributed by atoms with van der Waals surface area (Å²) in [5, 5.41) is 73.1. The van der Waals surface area contributed by atoms with Crippen molar-refractivity contribution < 1.29 is 78.4 Å². The molecule has 0 radical (unpaired) electrons. The second-order valence-corrected chi connectivity index (χ2v) is 14.6. The minimum absolute atomic E-state index is 0.0379. The number of ether oxygens (including phenoxy) is 8. The molecule has 3 aliphatic heterocycles. The van der Waals surface area contributed by atoms with Gasteiger partial charge in [0.2, 0.25) is 12.0 Å². The molecule has 60 heavy (non-hydrogen) atoms. The number of benzene rings is 3. The Balaban J connectivity index is 1.28. The number of amides is 1. The molecule has 6 rings (SSSR count). The number of rotatable bonds is 14. The number of piperazine rings is 1. The van der Waals surface area contributed by atoms with Gasteiger partial charge in [0.25, 0.3) is 5.91 Å². The lowest BCUT2D eigenvalue weighted by atomic mass is 9.97. The highest BCUT2D eigenvalue weighted by Crippen LogP contribution is 2.41. The van der Waals surface area contributed by atoms with Gasteiger partial charge in [0.15, 0.2) is 29.3 Å². The van der Waals surface area contributed by atoms with Gasteiger partial charge in [-0.2, -0.15) is 0 Å². The predicted octanol–water partition coefficient (Wildman–Crippen LogP) is -0.0783. The van der Waals surface area contributed by atoms with Crippen molar-refractivity contribution in [2.24, 2.45) is 0 Å². The Labute approximate surface area is 347 Å². The van der Waals surface area contributed by atoms with Crippen molar-refractivity contribution in [1.82, 2.24) is 4.90 Å². The van der Waals surface area contributed by atoms with Gasteiger partial charge in [0.05, 0.1) is 41.7 Å². The SMILES string of the molecule is COc1ccc(/C=C(/C(=O)N2CCN(c3ccc(C)cc3)CC2)c2cc(OC)c(OC)c(OC)c2)cc1O[C@H]1O[C@@H](CO)[C@H](O[C@@H]2O[C@H](CO)[C@H](O)[C@H](O)[C@H]2O)[C@@H](O)[C@@H]1O. The molecule has 3 aromatic carbocycles. The summed E-state index contributed by atoms with van der Waals surface area (Å²) in [5.41, 5.74) is 3.45. The molecule has 7 N–H and O–H groups in total. The molecule has 3 fully saturated rings. The number of carbonyl (C=O) groups is 1. The van der Waals surface area contributed by atoms with E-state index in [0.717, 1.165) is 11.3 Å². The van der Waals surface area contributed by atoms with E-state index in [-0.39, 0.29) is 23.0 Å². The summed E-state index contributed by atoms with van der Waals surface area (Å²) in [7, 11) is 5.84. The Morgan fingerprint density at radius 1 is 0.683 bits per heavy atom. The van der Waals surface area contributed by atoms with Gasteiger partial charge in [-0.3, -0.25) is 4.79 Å². The van der Waals surface area contributed by atoms with E-state index in [2.05, 4.69) is 29.2 Å². The number of carbonyl (C=O) groups excluding carboxylic acids is 1. The van der Waals surface area contributed by atoms with E-state index < -0.39 is 74.6 Å². The van der Waals surface area contributed by atoms with Crippen LogP contribution < -0.4 is 28.6 Å². The summed E-state index contributed by atoms with van der Waals surface area (Å²) in [6, 6.07) is 16.4. The molecule has 0 aromatic heterocycles. The molecule has 18 nitrogen and oxygen atoms in total. The quantitative estimate of drug-likeness (QED) is 0.0830. The third-order valence-corrected chi connectivity index (χ3v) is 10.9. The number of aliphatic hydroxyl groups is 7. The summed E-state index contributed by atoms with van der Waals surface area (Å²) in [5.74, 6) is 0.987. The monoisotopic (exact) mass is 842 g/mol. The molecule has 0 bridgehead atoms. The Morgan fingerprint density at radius 2 is 1.28 bits per heavy atom. The molecule has 0 aliphatic carbocycles. The lowest BCUT2D eigenvalue weighted by Crippen LogP contribution is -2.65. The Kier molecular flexibility index (Phi) is 14.8. The van der Waals surface area contributed by atoms with E-state index in [4.69, 9.17) is 37.9 Å². The van der Waals surface area contributed by atoms with Gasteiger partial charge in [-0.15, -0.1) is 0 Å². The molecular formula is C42H54N2O16. The largest absolute Gasteiger partial charge is 0.493 e. The van der Waals surface area contributed by atoms with Crippen molar-refractivity contribution in [1.29, 1.82) is 0 Å². The Hall–Kier alpha value is -4.73. The molecular weight excluding hydrogens is 788 g/mol. The van der Waals surface area contributed by atoms with E-state index in [9.17, 15) is 40.5 Å². The van der Waals surface area contributed by atoms with E-state index in [1.165, 1.54) is 28.4 Å². The molecule has 0 spiro atoms. The van der Waals surface area contributed by atoms with Gasteiger partial charge >= 0.3 is 0 Å². The van der Waals surface area contributed by atoms with E-state index in [1.54, 1.807) is 41.3 Å². The maximum atomic E-state index is 14.6. The van der Waals surface area contributed by atoms with Crippen molar-refractivity contribution >= 4 is 23.2 Å². The minimum atomic E-state index is -1.82. The van der Waals surface area contributed by atoms with E-state index in [1.807, 2.05) is 6.92 Å². The van der Waals surface area contributed by atoms with Crippen LogP contribution in [-0.2, 0) is 19.0 Å². The standard InChI is InChI=1S/C42H54N2O16/c1-22-6-9-25(10-7-22)43-12-14-44(15-13-43)40(52)26(24-18-29(54-3)38(56-5)30(19-24)55-4)16-23-8-11-27(53-2)28(17-23)57-41-37(51)35(49)39(32(21-46)59-41)60-42-36(50)34(48)33(47)31(20-45)58-42/h6-11,16-19,31-37,39,41-42,45-51H,12-15,20-21H2,1-5H3/b26-16+/t31-,32+,33+,34+,35+,36-,37+,39+,41+,42+/m1/s1. The highest BCUT2D eigenvalue weighted by molar-refractivity contribution is 6.24. The van der Waals surface area contributed by atoms with Crippen molar-refractivity contribution in [2.45, 2.75) is 68.3 Å². The molecule has 3 aliphatic rings. The first-order valence-corrected chi connectivity index (χ1v) is 19.4. The highest BCUT2D eigenvalue weighted by atomic mass is 16.7. The lowest BCUT2D eigenvalue weighted by molar-refractivity contribution is -0.352. The van der Waals surface area contributed by atoms with Gasteiger partial charge < -0.3 is 83.4 Å². The van der Waals surface area contributed by atoms with Crippen LogP contribution in [0.2, 0.25) is 0 Å². The fourth-order valence-corrected chi connectivity index (χ4v) is 7.42. The smallest absolute Gasteiger partial charge is 0.254 e. The zero-order chi connectivity index (χ0) is 43.2. The molecule has 3 aromatic rings. The lowest BCUT2D eigenvalue weighted by Gasteiger charge is -2.45. The average molecular weight is 843 g/mol. The topological polar surface area (TPSA) is 239 Å². The average Bonchev–Trinajstić information content (AvgIpc) is 3.27. The number of hydrogen-bond donors (Lipinski definition) is 7. The molecule has 18 heteroatoms. The number of aryl methyl sites for hydroxylation is 1. The van der Waals surface area contributed by atoms with E-state index in [0.29, 0.717) is 54.6 Å². The zero-order valence-corrected chi connectivity index (χ0v) is 34.0. The molecule has 3 saturated heterocycles. The normalized spacial score (nSPS) is 28.6. The Bertz CT molecular complexity index is 1910. The van der Waals surface area contributed by atoms with Crippen LogP contribution in [-0.4, -0.2) is 176 Å². The maximum Gasteiger partial charge on any atom is 0.254 e. The van der Waals surface area contributed by atoms with Crippen LogP contribution in [0.4, 0.5) is 5.69 Å². The second-order valence-electron chi connectivity index (χ2n) is 14.6. The van der Waals surface area contributed by atoms with Crippen LogP contribution in [0.15, 0.2) is 54.6 Å². The first-order chi connectivity index (χ1) is 28.8. The van der Waals surface area contributed by atoms with Crippen molar-refractivity contribution in [3.63, 3.8) is 0 Å².